The maximum absolute atomic E-state index is 13.3. The predicted octanol–water partition coefficient (Wildman–Crippen LogP) is 4.65. The van der Waals surface area contributed by atoms with Crippen LogP contribution in [-0.2, 0) is 16.1 Å². The summed E-state index contributed by atoms with van der Waals surface area (Å²) < 4.78 is 18.6. The van der Waals surface area contributed by atoms with Gasteiger partial charge in [0.15, 0.2) is 6.04 Å². The van der Waals surface area contributed by atoms with E-state index in [-0.39, 0.29) is 17.2 Å². The molecule has 5 nitrogen and oxygen atoms in total. The zero-order chi connectivity index (χ0) is 19.3. The topological polar surface area (TPSA) is 66.8 Å². The van der Waals surface area contributed by atoms with Crippen LogP contribution in [-0.4, -0.2) is 28.1 Å². The van der Waals surface area contributed by atoms with Crippen molar-refractivity contribution in [2.75, 3.05) is 0 Å². The Morgan fingerprint density at radius 1 is 1.19 bits per heavy atom. The number of halogens is 2. The van der Waals surface area contributed by atoms with Crippen molar-refractivity contribution in [3.63, 3.8) is 0 Å². The second-order valence-electron chi connectivity index (χ2n) is 5.95. The highest BCUT2D eigenvalue weighted by molar-refractivity contribution is 6.31. The summed E-state index contributed by atoms with van der Waals surface area (Å²) in [5, 5.41) is 9.60. The van der Waals surface area contributed by atoms with E-state index < -0.39 is 30.0 Å². The highest BCUT2D eigenvalue weighted by atomic mass is 35.5. The summed E-state index contributed by atoms with van der Waals surface area (Å²) in [6.45, 7) is 3.33. The van der Waals surface area contributed by atoms with Gasteiger partial charge in [-0.25, -0.2) is 14.0 Å². The summed E-state index contributed by atoms with van der Waals surface area (Å²) in [7, 11) is 0. The molecule has 2 aromatic rings. The van der Waals surface area contributed by atoms with Crippen molar-refractivity contribution >= 4 is 23.7 Å². The maximum Gasteiger partial charge on any atom is 0.411 e. The lowest BCUT2D eigenvalue weighted by Gasteiger charge is -2.32. The van der Waals surface area contributed by atoms with Crippen LogP contribution in [0.5, 0.6) is 0 Å². The van der Waals surface area contributed by atoms with Gasteiger partial charge in [0, 0.05) is 16.6 Å². The van der Waals surface area contributed by atoms with Crippen molar-refractivity contribution < 1.29 is 23.8 Å². The van der Waals surface area contributed by atoms with Crippen molar-refractivity contribution in [1.29, 1.82) is 0 Å². The molecule has 26 heavy (non-hydrogen) atoms. The van der Waals surface area contributed by atoms with Crippen LogP contribution < -0.4 is 0 Å². The van der Waals surface area contributed by atoms with Gasteiger partial charge in [-0.05, 0) is 31.5 Å². The Morgan fingerprint density at radius 2 is 1.85 bits per heavy atom. The standard InChI is InChI=1S/C19H19ClFNO4/c1-12(2)22(19(25)26-11-13-6-4-3-5-7-13)17(18(23)24)15-9-8-14(21)10-16(15)20/h3-10,12,17H,11H2,1-2H3,(H,23,24). The summed E-state index contributed by atoms with van der Waals surface area (Å²) in [5.41, 5.74) is 0.891. The Morgan fingerprint density at radius 3 is 2.38 bits per heavy atom. The monoisotopic (exact) mass is 379 g/mol. The van der Waals surface area contributed by atoms with Crippen molar-refractivity contribution in [2.24, 2.45) is 0 Å². The summed E-state index contributed by atoms with van der Waals surface area (Å²) in [4.78, 5) is 25.5. The minimum Gasteiger partial charge on any atom is -0.479 e. The van der Waals surface area contributed by atoms with Crippen LogP contribution in [0.2, 0.25) is 5.02 Å². The van der Waals surface area contributed by atoms with Gasteiger partial charge in [-0.2, -0.15) is 0 Å². The smallest absolute Gasteiger partial charge is 0.411 e. The molecule has 1 unspecified atom stereocenters. The Bertz CT molecular complexity index is 782. The molecule has 138 valence electrons. The number of amides is 1. The normalized spacial score (nSPS) is 11.9. The zero-order valence-corrected chi connectivity index (χ0v) is 15.1. The molecule has 1 amide bonds. The van der Waals surface area contributed by atoms with E-state index in [0.29, 0.717) is 0 Å². The molecular weight excluding hydrogens is 361 g/mol. The Kier molecular flexibility index (Phi) is 6.58. The van der Waals surface area contributed by atoms with E-state index in [9.17, 15) is 19.1 Å². The van der Waals surface area contributed by atoms with Crippen molar-refractivity contribution in [3.05, 3.63) is 70.5 Å². The number of carboxylic acids is 1. The van der Waals surface area contributed by atoms with E-state index in [0.717, 1.165) is 22.6 Å². The molecule has 0 aliphatic carbocycles. The number of carboxylic acid groups (broad SMARTS) is 1. The van der Waals surface area contributed by atoms with E-state index in [1.165, 1.54) is 6.07 Å². The van der Waals surface area contributed by atoms with E-state index in [2.05, 4.69) is 0 Å². The maximum atomic E-state index is 13.3. The minimum atomic E-state index is -1.40. The average Bonchev–Trinajstić information content (AvgIpc) is 2.58. The molecule has 7 heteroatoms. The summed E-state index contributed by atoms with van der Waals surface area (Å²) in [5.74, 6) is -1.88. The van der Waals surface area contributed by atoms with Gasteiger partial charge in [-0.1, -0.05) is 48.0 Å². The number of aliphatic carboxylic acids is 1. The molecule has 0 saturated carbocycles. The van der Waals surface area contributed by atoms with Gasteiger partial charge in [0.1, 0.15) is 12.4 Å². The number of benzene rings is 2. The molecule has 0 aromatic heterocycles. The van der Waals surface area contributed by atoms with Crippen LogP contribution in [0, 0.1) is 5.82 Å². The fourth-order valence-electron chi connectivity index (χ4n) is 2.53. The third-order valence-corrected chi connectivity index (χ3v) is 4.07. The number of nitrogens with zero attached hydrogens (tertiary/aromatic N) is 1. The van der Waals surface area contributed by atoms with Crippen molar-refractivity contribution in [2.45, 2.75) is 32.5 Å². The fraction of sp³-hybridized carbons (Fsp3) is 0.263. The van der Waals surface area contributed by atoms with Crippen molar-refractivity contribution in [3.8, 4) is 0 Å². The number of hydrogen-bond donors (Lipinski definition) is 1. The minimum absolute atomic E-state index is 0.00633. The van der Waals surface area contributed by atoms with Crippen molar-refractivity contribution in [1.82, 2.24) is 4.90 Å². The molecule has 0 saturated heterocycles. The lowest BCUT2D eigenvalue weighted by Crippen LogP contribution is -2.43. The third kappa shape index (κ3) is 4.73. The molecule has 1 N–H and O–H groups in total. The number of ether oxygens (including phenoxy) is 1. The number of carbonyl (C=O) groups is 2. The van der Waals surface area contributed by atoms with Crippen LogP contribution in [0.25, 0.3) is 0 Å². The first kappa shape index (κ1) is 19.7. The van der Waals surface area contributed by atoms with Crippen LogP contribution in [0.4, 0.5) is 9.18 Å². The largest absolute Gasteiger partial charge is 0.479 e. The average molecular weight is 380 g/mol. The zero-order valence-electron chi connectivity index (χ0n) is 14.4. The van der Waals surface area contributed by atoms with E-state index in [1.54, 1.807) is 26.0 Å². The van der Waals surface area contributed by atoms with E-state index in [4.69, 9.17) is 16.3 Å². The van der Waals surface area contributed by atoms with Crippen LogP contribution in [0.3, 0.4) is 0 Å². The molecule has 0 bridgehead atoms. The molecule has 0 aliphatic rings. The second kappa shape index (κ2) is 8.67. The van der Waals surface area contributed by atoms with Gasteiger partial charge >= 0.3 is 12.1 Å². The van der Waals surface area contributed by atoms with Gasteiger partial charge < -0.3 is 9.84 Å². The highest BCUT2D eigenvalue weighted by Crippen LogP contribution is 2.31. The highest BCUT2D eigenvalue weighted by Gasteiger charge is 2.35. The number of hydrogen-bond acceptors (Lipinski definition) is 3. The summed E-state index contributed by atoms with van der Waals surface area (Å²) >= 11 is 6.01. The lowest BCUT2D eigenvalue weighted by molar-refractivity contribution is -0.143. The molecule has 0 aliphatic heterocycles. The van der Waals surface area contributed by atoms with Crippen LogP contribution in [0.1, 0.15) is 31.0 Å². The predicted molar refractivity (Wildman–Crippen MR) is 95.4 cm³/mol. The number of rotatable bonds is 6. The molecule has 0 heterocycles. The summed E-state index contributed by atoms with van der Waals surface area (Å²) in [6.07, 6.45) is -0.795. The fourth-order valence-corrected chi connectivity index (χ4v) is 2.80. The van der Waals surface area contributed by atoms with Gasteiger partial charge in [0.05, 0.1) is 0 Å². The van der Waals surface area contributed by atoms with E-state index in [1.807, 2.05) is 18.2 Å². The van der Waals surface area contributed by atoms with Crippen LogP contribution >= 0.6 is 11.6 Å². The quantitative estimate of drug-likeness (QED) is 0.793. The Hall–Kier alpha value is -2.60. The molecular formula is C19H19ClFNO4. The number of carbonyl (C=O) groups excluding carboxylic acids is 1. The first-order chi connectivity index (χ1) is 12.3. The van der Waals surface area contributed by atoms with Gasteiger partial charge in [0.25, 0.3) is 0 Å². The second-order valence-corrected chi connectivity index (χ2v) is 6.36. The Labute approximate surface area is 156 Å². The molecule has 2 rings (SSSR count). The van der Waals surface area contributed by atoms with Gasteiger partial charge in [0.2, 0.25) is 0 Å². The molecule has 1 atom stereocenters. The molecule has 2 aromatic carbocycles. The molecule has 0 spiro atoms. The van der Waals surface area contributed by atoms with Gasteiger partial charge in [-0.3, -0.25) is 4.90 Å². The lowest BCUT2D eigenvalue weighted by atomic mass is 10.0. The van der Waals surface area contributed by atoms with E-state index >= 15 is 0 Å². The molecule has 0 radical (unpaired) electrons. The first-order valence-corrected chi connectivity index (χ1v) is 8.35. The first-order valence-electron chi connectivity index (χ1n) is 7.98. The Balaban J connectivity index is 2.29. The van der Waals surface area contributed by atoms with Crippen LogP contribution in [0.15, 0.2) is 48.5 Å². The summed E-state index contributed by atoms with van der Waals surface area (Å²) in [6, 6.07) is 10.5. The molecule has 0 fully saturated rings. The van der Waals surface area contributed by atoms with Gasteiger partial charge in [-0.15, -0.1) is 0 Å². The SMILES string of the molecule is CC(C)N(C(=O)OCc1ccccc1)C(C(=O)O)c1ccc(F)cc1Cl. The third-order valence-electron chi connectivity index (χ3n) is 3.74.